The molecule has 1 aliphatic heterocycles. The van der Waals surface area contributed by atoms with Gasteiger partial charge in [0.15, 0.2) is 0 Å². The molecule has 20 heavy (non-hydrogen) atoms. The number of carbonyl (C=O) groups is 1. The zero-order valence-electron chi connectivity index (χ0n) is 11.3. The van der Waals surface area contributed by atoms with Gasteiger partial charge in [0.05, 0.1) is 19.3 Å². The van der Waals surface area contributed by atoms with E-state index in [4.69, 9.17) is 4.74 Å². The van der Waals surface area contributed by atoms with Crippen LogP contribution in [0.3, 0.4) is 0 Å². The fraction of sp³-hybridized carbons (Fsp3) is 0.250. The van der Waals surface area contributed by atoms with Crippen molar-refractivity contribution in [3.8, 4) is 11.1 Å². The number of pyridine rings is 1. The number of benzene rings is 1. The lowest BCUT2D eigenvalue weighted by molar-refractivity contribution is -0.00354. The zero-order valence-corrected chi connectivity index (χ0v) is 11.3. The number of hydrogen-bond acceptors (Lipinski definition) is 3. The van der Waals surface area contributed by atoms with Crippen molar-refractivity contribution in [2.24, 2.45) is 0 Å². The summed E-state index contributed by atoms with van der Waals surface area (Å²) in [7, 11) is 0. The Hall–Kier alpha value is -2.20. The van der Waals surface area contributed by atoms with Gasteiger partial charge in [-0.3, -0.25) is 9.78 Å². The summed E-state index contributed by atoms with van der Waals surface area (Å²) in [5.41, 5.74) is 3.77. The van der Waals surface area contributed by atoms with Crippen molar-refractivity contribution in [1.29, 1.82) is 0 Å². The van der Waals surface area contributed by atoms with Gasteiger partial charge in [0.2, 0.25) is 0 Å². The van der Waals surface area contributed by atoms with E-state index in [0.29, 0.717) is 18.9 Å². The van der Waals surface area contributed by atoms with E-state index in [1.54, 1.807) is 12.3 Å². The first-order valence-corrected chi connectivity index (χ1v) is 6.64. The lowest BCUT2D eigenvalue weighted by Crippen LogP contribution is -2.48. The second-order valence-corrected chi connectivity index (χ2v) is 5.01. The van der Waals surface area contributed by atoms with Crippen LogP contribution in [0.1, 0.15) is 16.1 Å². The molecule has 3 rings (SSSR count). The monoisotopic (exact) mass is 268 g/mol. The van der Waals surface area contributed by atoms with Crippen LogP contribution in [0.2, 0.25) is 0 Å². The average Bonchev–Trinajstić information content (AvgIpc) is 2.44. The minimum Gasteiger partial charge on any atom is -0.377 e. The fourth-order valence-corrected chi connectivity index (χ4v) is 2.02. The van der Waals surface area contributed by atoms with E-state index in [1.165, 1.54) is 5.56 Å². The molecule has 0 saturated carbocycles. The first-order chi connectivity index (χ1) is 9.72. The van der Waals surface area contributed by atoms with Crippen molar-refractivity contribution >= 4 is 5.91 Å². The average molecular weight is 268 g/mol. The molecule has 2 aromatic rings. The third-order valence-electron chi connectivity index (χ3n) is 3.35. The molecular weight excluding hydrogens is 252 g/mol. The number of nitrogens with zero attached hydrogens (tertiary/aromatic N) is 1. The fourth-order valence-electron chi connectivity index (χ4n) is 2.02. The molecular formula is C16H16N2O2. The van der Waals surface area contributed by atoms with E-state index in [2.05, 4.69) is 41.5 Å². The summed E-state index contributed by atoms with van der Waals surface area (Å²) >= 11 is 0. The minimum absolute atomic E-state index is 0.126. The first kappa shape index (κ1) is 12.8. The molecule has 0 bridgehead atoms. The summed E-state index contributed by atoms with van der Waals surface area (Å²) in [5.74, 6) is -0.145. The van der Waals surface area contributed by atoms with Gasteiger partial charge in [-0.15, -0.1) is 0 Å². The zero-order chi connectivity index (χ0) is 13.9. The SMILES string of the molecule is Cc1ccc(-c2ccc(C(=O)NC3COC3)nc2)cc1. The van der Waals surface area contributed by atoms with Gasteiger partial charge in [0.1, 0.15) is 5.69 Å². The third-order valence-corrected chi connectivity index (χ3v) is 3.35. The summed E-state index contributed by atoms with van der Waals surface area (Å²) in [6.45, 7) is 3.24. The molecule has 1 aromatic heterocycles. The van der Waals surface area contributed by atoms with Crippen molar-refractivity contribution in [3.63, 3.8) is 0 Å². The van der Waals surface area contributed by atoms with E-state index in [0.717, 1.165) is 11.1 Å². The number of aromatic nitrogens is 1. The Morgan fingerprint density at radius 2 is 1.85 bits per heavy atom. The molecule has 102 valence electrons. The molecule has 4 nitrogen and oxygen atoms in total. The Balaban J connectivity index is 1.73. The summed E-state index contributed by atoms with van der Waals surface area (Å²) < 4.78 is 5.02. The molecule has 1 fully saturated rings. The van der Waals surface area contributed by atoms with Gasteiger partial charge in [-0.1, -0.05) is 35.9 Å². The normalized spacial score (nSPS) is 14.7. The van der Waals surface area contributed by atoms with Crippen LogP contribution in [-0.4, -0.2) is 30.1 Å². The molecule has 1 N–H and O–H groups in total. The molecule has 0 aliphatic carbocycles. The number of carbonyl (C=O) groups excluding carboxylic acids is 1. The molecule has 1 saturated heterocycles. The molecule has 1 aromatic carbocycles. The smallest absolute Gasteiger partial charge is 0.270 e. The molecule has 0 spiro atoms. The van der Waals surface area contributed by atoms with E-state index in [-0.39, 0.29) is 11.9 Å². The lowest BCUT2D eigenvalue weighted by atomic mass is 10.1. The molecule has 0 atom stereocenters. The van der Waals surface area contributed by atoms with E-state index >= 15 is 0 Å². The van der Waals surface area contributed by atoms with Crippen LogP contribution in [0, 0.1) is 6.92 Å². The number of amides is 1. The highest BCUT2D eigenvalue weighted by atomic mass is 16.5. The van der Waals surface area contributed by atoms with Crippen molar-refractivity contribution in [3.05, 3.63) is 53.9 Å². The van der Waals surface area contributed by atoms with Gasteiger partial charge in [0, 0.05) is 11.8 Å². The highest BCUT2D eigenvalue weighted by Gasteiger charge is 2.21. The largest absolute Gasteiger partial charge is 0.377 e. The van der Waals surface area contributed by atoms with E-state index in [9.17, 15) is 4.79 Å². The summed E-state index contributed by atoms with van der Waals surface area (Å²) in [6, 6.07) is 12.0. The van der Waals surface area contributed by atoms with Crippen LogP contribution >= 0.6 is 0 Å². The summed E-state index contributed by atoms with van der Waals surface area (Å²) in [4.78, 5) is 16.1. The van der Waals surface area contributed by atoms with Gasteiger partial charge >= 0.3 is 0 Å². The molecule has 1 amide bonds. The third kappa shape index (κ3) is 2.70. The Morgan fingerprint density at radius 1 is 1.15 bits per heavy atom. The van der Waals surface area contributed by atoms with Gasteiger partial charge in [-0.2, -0.15) is 0 Å². The predicted molar refractivity (Wildman–Crippen MR) is 76.5 cm³/mol. The number of rotatable bonds is 3. The maximum absolute atomic E-state index is 11.9. The van der Waals surface area contributed by atoms with E-state index < -0.39 is 0 Å². The van der Waals surface area contributed by atoms with Gasteiger partial charge < -0.3 is 10.1 Å². The van der Waals surface area contributed by atoms with Crippen LogP contribution in [0.5, 0.6) is 0 Å². The quantitative estimate of drug-likeness (QED) is 0.928. The van der Waals surface area contributed by atoms with E-state index in [1.807, 2.05) is 6.07 Å². The number of nitrogens with one attached hydrogen (secondary N) is 1. The summed E-state index contributed by atoms with van der Waals surface area (Å²) in [5, 5.41) is 2.87. The Labute approximate surface area is 117 Å². The number of hydrogen-bond donors (Lipinski definition) is 1. The number of ether oxygens (including phenoxy) is 1. The maximum Gasteiger partial charge on any atom is 0.270 e. The molecule has 4 heteroatoms. The van der Waals surface area contributed by atoms with Gasteiger partial charge in [-0.25, -0.2) is 0 Å². The minimum atomic E-state index is -0.145. The van der Waals surface area contributed by atoms with Crippen LogP contribution in [0.15, 0.2) is 42.6 Å². The Bertz CT molecular complexity index is 601. The van der Waals surface area contributed by atoms with Crippen LogP contribution in [-0.2, 0) is 4.74 Å². The maximum atomic E-state index is 11.9. The second-order valence-electron chi connectivity index (χ2n) is 5.01. The molecule has 2 heterocycles. The van der Waals surface area contributed by atoms with Crippen LogP contribution in [0.25, 0.3) is 11.1 Å². The molecule has 0 unspecified atom stereocenters. The molecule has 1 aliphatic rings. The summed E-state index contributed by atoms with van der Waals surface area (Å²) in [6.07, 6.45) is 1.73. The Kier molecular flexibility index (Phi) is 3.48. The Morgan fingerprint density at radius 3 is 2.40 bits per heavy atom. The standard InChI is InChI=1S/C16H16N2O2/c1-11-2-4-12(5-3-11)13-6-7-15(17-8-13)16(19)18-14-9-20-10-14/h2-8,14H,9-10H2,1H3,(H,18,19). The highest BCUT2D eigenvalue weighted by molar-refractivity contribution is 5.92. The van der Waals surface area contributed by atoms with Crippen molar-refractivity contribution in [1.82, 2.24) is 10.3 Å². The van der Waals surface area contributed by atoms with Crippen molar-refractivity contribution in [2.75, 3.05) is 13.2 Å². The number of aryl methyl sites for hydroxylation is 1. The molecule has 0 radical (unpaired) electrons. The first-order valence-electron chi connectivity index (χ1n) is 6.64. The van der Waals surface area contributed by atoms with Crippen molar-refractivity contribution in [2.45, 2.75) is 13.0 Å². The second kappa shape index (κ2) is 5.43. The predicted octanol–water partition coefficient (Wildman–Crippen LogP) is 2.19. The van der Waals surface area contributed by atoms with Gasteiger partial charge in [-0.05, 0) is 18.6 Å². The highest BCUT2D eigenvalue weighted by Crippen LogP contribution is 2.19. The lowest BCUT2D eigenvalue weighted by Gasteiger charge is -2.26. The van der Waals surface area contributed by atoms with Crippen LogP contribution < -0.4 is 5.32 Å². The van der Waals surface area contributed by atoms with Crippen molar-refractivity contribution < 1.29 is 9.53 Å². The van der Waals surface area contributed by atoms with Gasteiger partial charge in [0.25, 0.3) is 5.91 Å². The van der Waals surface area contributed by atoms with Crippen LogP contribution in [0.4, 0.5) is 0 Å². The topological polar surface area (TPSA) is 51.2 Å².